The number of Topliss-reactive ketones (excluding diaryl/α,β-unsaturated/α-hetero) is 1. The summed E-state index contributed by atoms with van der Waals surface area (Å²) in [7, 11) is 0. The van der Waals surface area contributed by atoms with Crippen LogP contribution in [0.4, 0.5) is 0 Å². The maximum absolute atomic E-state index is 13.0. The predicted octanol–water partition coefficient (Wildman–Crippen LogP) is 3.29. The molecular weight excluding hydrogens is 242 g/mol. The molecule has 0 radical (unpaired) electrons. The smallest absolute Gasteiger partial charge is 0.171 e. The van der Waals surface area contributed by atoms with E-state index >= 15 is 0 Å². The molecule has 1 atom stereocenters. The van der Waals surface area contributed by atoms with Gasteiger partial charge in [0.1, 0.15) is 5.54 Å². The summed E-state index contributed by atoms with van der Waals surface area (Å²) in [5.41, 5.74) is -1.21. The number of thioether (sulfide) groups is 1. The first-order valence-corrected chi connectivity index (χ1v) is 7.50. The van der Waals surface area contributed by atoms with Crippen LogP contribution in [-0.4, -0.2) is 29.0 Å². The second-order valence-corrected chi connectivity index (χ2v) is 7.36. The van der Waals surface area contributed by atoms with Gasteiger partial charge in [-0.15, -0.1) is 0 Å². The number of hydrogen-bond acceptors (Lipinski definition) is 3. The molecule has 0 aromatic rings. The lowest BCUT2D eigenvalue weighted by Gasteiger charge is -2.41. The Morgan fingerprint density at radius 1 is 1.11 bits per heavy atom. The number of allylic oxidation sites excluding steroid dienone is 3. The third kappa shape index (κ3) is 1.99. The SMILES string of the molecule is CC1(C)CSCC(C)(C)[C@@]2(C=CC=CC=N2)C1=O. The first-order valence-electron chi connectivity index (χ1n) is 6.34. The summed E-state index contributed by atoms with van der Waals surface area (Å²) in [5, 5.41) is 0. The highest BCUT2D eigenvalue weighted by molar-refractivity contribution is 7.99. The minimum Gasteiger partial charge on any atom is -0.296 e. The molecule has 0 saturated carbocycles. The van der Waals surface area contributed by atoms with Crippen LogP contribution in [0.15, 0.2) is 29.3 Å². The molecule has 18 heavy (non-hydrogen) atoms. The summed E-state index contributed by atoms with van der Waals surface area (Å²) in [6.07, 6.45) is 9.54. The van der Waals surface area contributed by atoms with Gasteiger partial charge in [0, 0.05) is 28.6 Å². The lowest BCUT2D eigenvalue weighted by molar-refractivity contribution is -0.132. The minimum atomic E-state index is -0.719. The molecule has 0 aliphatic carbocycles. The average Bonchev–Trinajstić information content (AvgIpc) is 2.55. The second kappa shape index (κ2) is 4.37. The Morgan fingerprint density at radius 3 is 2.56 bits per heavy atom. The summed E-state index contributed by atoms with van der Waals surface area (Å²) in [5.74, 6) is 2.05. The maximum atomic E-state index is 13.0. The van der Waals surface area contributed by atoms with Crippen LogP contribution < -0.4 is 0 Å². The molecule has 2 rings (SSSR count). The molecule has 2 nitrogen and oxygen atoms in total. The van der Waals surface area contributed by atoms with E-state index < -0.39 is 5.54 Å². The summed E-state index contributed by atoms with van der Waals surface area (Å²) < 4.78 is 0. The number of ketones is 1. The van der Waals surface area contributed by atoms with E-state index in [-0.39, 0.29) is 16.6 Å². The molecule has 2 aliphatic rings. The Labute approximate surface area is 114 Å². The number of hydrogen-bond donors (Lipinski definition) is 0. The van der Waals surface area contributed by atoms with Crippen molar-refractivity contribution < 1.29 is 4.79 Å². The molecule has 0 unspecified atom stereocenters. The summed E-state index contributed by atoms with van der Waals surface area (Å²) >= 11 is 1.86. The van der Waals surface area contributed by atoms with Gasteiger partial charge in [-0.1, -0.05) is 39.8 Å². The Kier molecular flexibility index (Phi) is 3.30. The van der Waals surface area contributed by atoms with Gasteiger partial charge < -0.3 is 0 Å². The van der Waals surface area contributed by atoms with Crippen molar-refractivity contribution in [1.29, 1.82) is 0 Å². The Bertz CT molecular complexity index is 427. The van der Waals surface area contributed by atoms with Gasteiger partial charge in [-0.05, 0) is 12.2 Å². The molecule has 98 valence electrons. The fourth-order valence-electron chi connectivity index (χ4n) is 2.61. The first-order chi connectivity index (χ1) is 8.32. The molecule has 0 aromatic heterocycles. The molecule has 1 spiro atoms. The molecule has 3 heteroatoms. The monoisotopic (exact) mass is 263 g/mol. The fourth-order valence-corrected chi connectivity index (χ4v) is 4.08. The highest BCUT2D eigenvalue weighted by Crippen LogP contribution is 2.47. The normalized spacial score (nSPS) is 33.4. The topological polar surface area (TPSA) is 29.4 Å². The lowest BCUT2D eigenvalue weighted by Crippen LogP contribution is -2.53. The van der Waals surface area contributed by atoms with Crippen molar-refractivity contribution in [2.45, 2.75) is 33.2 Å². The molecule has 2 heterocycles. The zero-order valence-corrected chi connectivity index (χ0v) is 12.4. The van der Waals surface area contributed by atoms with E-state index in [4.69, 9.17) is 0 Å². The molecular formula is C15H21NOS. The number of carbonyl (C=O) groups is 1. The number of aliphatic imine (C=N–C) groups is 1. The van der Waals surface area contributed by atoms with Crippen molar-refractivity contribution in [1.82, 2.24) is 0 Å². The van der Waals surface area contributed by atoms with Crippen LogP contribution in [0, 0.1) is 10.8 Å². The third-order valence-corrected chi connectivity index (χ3v) is 5.69. The number of nitrogens with zero attached hydrogens (tertiary/aromatic N) is 1. The molecule has 2 aliphatic heterocycles. The molecule has 0 amide bonds. The molecule has 1 saturated heterocycles. The van der Waals surface area contributed by atoms with Gasteiger partial charge in [0.25, 0.3) is 0 Å². The summed E-state index contributed by atoms with van der Waals surface area (Å²) in [4.78, 5) is 17.6. The van der Waals surface area contributed by atoms with Crippen LogP contribution >= 0.6 is 11.8 Å². The van der Waals surface area contributed by atoms with E-state index in [0.717, 1.165) is 11.5 Å². The van der Waals surface area contributed by atoms with Gasteiger partial charge in [-0.2, -0.15) is 11.8 Å². The lowest BCUT2D eigenvalue weighted by atomic mass is 9.65. The molecule has 0 N–H and O–H groups in total. The number of rotatable bonds is 0. The standard InChI is InChI=1S/C15H21NOS/c1-13(2)10-18-11-14(3,4)15(12(13)17)8-6-5-7-9-16-15/h5-9H,10-11H2,1-4H3/t15-/m1/s1. The Morgan fingerprint density at radius 2 is 1.83 bits per heavy atom. The van der Waals surface area contributed by atoms with Crippen LogP contribution in [0.5, 0.6) is 0 Å². The van der Waals surface area contributed by atoms with Crippen molar-refractivity contribution in [2.75, 3.05) is 11.5 Å². The van der Waals surface area contributed by atoms with Gasteiger partial charge in [-0.3, -0.25) is 9.79 Å². The van der Waals surface area contributed by atoms with E-state index in [1.54, 1.807) is 6.21 Å². The van der Waals surface area contributed by atoms with E-state index in [2.05, 4.69) is 18.8 Å². The largest absolute Gasteiger partial charge is 0.296 e. The zero-order chi connectivity index (χ0) is 13.4. The first kappa shape index (κ1) is 13.6. The van der Waals surface area contributed by atoms with Crippen LogP contribution in [0.1, 0.15) is 27.7 Å². The average molecular weight is 263 g/mol. The van der Waals surface area contributed by atoms with Crippen molar-refractivity contribution in [2.24, 2.45) is 15.8 Å². The predicted molar refractivity (Wildman–Crippen MR) is 79.4 cm³/mol. The highest BCUT2D eigenvalue weighted by atomic mass is 32.2. The fraction of sp³-hybridized carbons (Fsp3) is 0.600. The maximum Gasteiger partial charge on any atom is 0.171 e. The van der Waals surface area contributed by atoms with Crippen LogP contribution in [0.3, 0.4) is 0 Å². The van der Waals surface area contributed by atoms with E-state index in [0.29, 0.717) is 0 Å². The van der Waals surface area contributed by atoms with E-state index in [9.17, 15) is 4.79 Å². The van der Waals surface area contributed by atoms with Crippen LogP contribution in [-0.2, 0) is 4.79 Å². The summed E-state index contributed by atoms with van der Waals surface area (Å²) in [6.45, 7) is 8.36. The van der Waals surface area contributed by atoms with Gasteiger partial charge in [-0.25, -0.2) is 0 Å². The quantitative estimate of drug-likeness (QED) is 0.671. The molecule has 0 bridgehead atoms. The second-order valence-electron chi connectivity index (χ2n) is 6.38. The third-order valence-electron chi connectivity index (χ3n) is 3.84. The van der Waals surface area contributed by atoms with Crippen molar-refractivity contribution in [3.8, 4) is 0 Å². The molecule has 1 fully saturated rings. The minimum absolute atomic E-state index is 0.165. The summed E-state index contributed by atoms with van der Waals surface area (Å²) in [6, 6.07) is 0. The van der Waals surface area contributed by atoms with E-state index in [1.165, 1.54) is 0 Å². The van der Waals surface area contributed by atoms with Crippen molar-refractivity contribution in [3.05, 3.63) is 24.3 Å². The number of carbonyl (C=O) groups excluding carboxylic acids is 1. The van der Waals surface area contributed by atoms with Crippen LogP contribution in [0.25, 0.3) is 0 Å². The van der Waals surface area contributed by atoms with Crippen molar-refractivity contribution >= 4 is 23.8 Å². The van der Waals surface area contributed by atoms with Gasteiger partial charge in [0.05, 0.1) is 0 Å². The van der Waals surface area contributed by atoms with Gasteiger partial charge in [0.2, 0.25) is 0 Å². The van der Waals surface area contributed by atoms with E-state index in [1.807, 2.05) is 49.9 Å². The van der Waals surface area contributed by atoms with Crippen molar-refractivity contribution in [3.63, 3.8) is 0 Å². The van der Waals surface area contributed by atoms with Gasteiger partial charge >= 0.3 is 0 Å². The Hall–Kier alpha value is -0.830. The highest BCUT2D eigenvalue weighted by Gasteiger charge is 2.55. The zero-order valence-electron chi connectivity index (χ0n) is 11.6. The van der Waals surface area contributed by atoms with Gasteiger partial charge in [0.15, 0.2) is 5.78 Å². The van der Waals surface area contributed by atoms with Crippen LogP contribution in [0.2, 0.25) is 0 Å². The molecule has 0 aromatic carbocycles. The Balaban J connectivity index is 2.60.